The topological polar surface area (TPSA) is 90.9 Å². The van der Waals surface area contributed by atoms with Crippen molar-refractivity contribution >= 4 is 17.8 Å². The third kappa shape index (κ3) is 5.05. The van der Waals surface area contributed by atoms with Gasteiger partial charge in [0.05, 0.1) is 12.1 Å². The summed E-state index contributed by atoms with van der Waals surface area (Å²) in [5, 5.41) is 1.52. The summed E-state index contributed by atoms with van der Waals surface area (Å²) in [5.74, 6) is -4.22. The second kappa shape index (κ2) is 7.11. The first-order valence-electron chi connectivity index (χ1n) is 6.45. The van der Waals surface area contributed by atoms with Crippen molar-refractivity contribution in [3.63, 3.8) is 0 Å². The molecular weight excluding hydrogens is 330 g/mol. The lowest BCUT2D eigenvalue weighted by Gasteiger charge is -2.41. The highest BCUT2D eigenvalue weighted by Gasteiger charge is 2.51. The van der Waals surface area contributed by atoms with Crippen molar-refractivity contribution in [1.29, 1.82) is 0 Å². The zero-order valence-corrected chi connectivity index (χ0v) is 12.3. The summed E-state index contributed by atoms with van der Waals surface area (Å²) in [5.41, 5.74) is 0. The average Bonchev–Trinajstić information content (AvgIpc) is 2.37. The van der Waals surface area contributed by atoms with Crippen LogP contribution >= 0.6 is 0 Å². The van der Waals surface area contributed by atoms with Gasteiger partial charge in [0.25, 0.3) is 0 Å². The Morgan fingerprint density at radius 3 is 2.04 bits per heavy atom. The van der Waals surface area contributed by atoms with Gasteiger partial charge in [-0.3, -0.25) is 14.4 Å². The minimum atomic E-state index is -5.21. The third-order valence-electron chi connectivity index (χ3n) is 2.92. The van der Waals surface area contributed by atoms with E-state index in [1.165, 1.54) is 12.2 Å². The molecule has 1 heterocycles. The number of hydrogen-bond donors (Lipinski definition) is 1. The zero-order chi connectivity index (χ0) is 17.9. The number of esters is 2. The van der Waals surface area contributed by atoms with Gasteiger partial charge in [-0.2, -0.15) is 13.2 Å². The molecule has 23 heavy (non-hydrogen) atoms. The molecule has 0 aliphatic carbocycles. The van der Waals surface area contributed by atoms with Crippen LogP contribution in [0.5, 0.6) is 0 Å². The molecule has 0 aromatic rings. The molecule has 1 fully saturated rings. The van der Waals surface area contributed by atoms with E-state index < -0.39 is 54.7 Å². The van der Waals surface area contributed by atoms with E-state index in [4.69, 9.17) is 4.74 Å². The van der Waals surface area contributed by atoms with E-state index in [0.29, 0.717) is 0 Å². The van der Waals surface area contributed by atoms with Gasteiger partial charge in [0, 0.05) is 13.8 Å². The van der Waals surface area contributed by atoms with Crippen LogP contribution in [-0.2, 0) is 28.6 Å². The maximum absolute atomic E-state index is 14.3. The number of alkyl halides is 4. The molecule has 1 unspecified atom stereocenters. The predicted molar refractivity (Wildman–Crippen MR) is 64.5 cm³/mol. The van der Waals surface area contributed by atoms with Crippen LogP contribution in [0.15, 0.2) is 0 Å². The van der Waals surface area contributed by atoms with Gasteiger partial charge in [0.2, 0.25) is 12.5 Å². The molecule has 0 radical (unpaired) electrons. The number of amides is 1. The Balaban J connectivity index is 3.00. The van der Waals surface area contributed by atoms with Crippen LogP contribution in [0.1, 0.15) is 20.8 Å². The van der Waals surface area contributed by atoms with Crippen molar-refractivity contribution < 1.29 is 46.2 Å². The monoisotopic (exact) mass is 345 g/mol. The number of carbonyl (C=O) groups is 3. The summed E-state index contributed by atoms with van der Waals surface area (Å²) in [6.45, 7) is 3.09. The number of halogens is 4. The molecule has 7 nitrogen and oxygen atoms in total. The highest BCUT2D eigenvalue weighted by Crippen LogP contribution is 2.28. The summed E-state index contributed by atoms with van der Waals surface area (Å²) in [6.07, 6.45) is -12.3. The van der Waals surface area contributed by atoms with Crippen molar-refractivity contribution in [3.8, 4) is 0 Å². The minimum Gasteiger partial charge on any atom is -0.457 e. The molecule has 1 N–H and O–H groups in total. The van der Waals surface area contributed by atoms with Crippen molar-refractivity contribution in [2.75, 3.05) is 0 Å². The fourth-order valence-electron chi connectivity index (χ4n) is 2.01. The summed E-state index contributed by atoms with van der Waals surface area (Å²) < 4.78 is 65.5. The maximum atomic E-state index is 14.3. The molecular formula is C12H15F4NO6. The van der Waals surface area contributed by atoms with E-state index in [9.17, 15) is 31.9 Å². The molecule has 0 aromatic heterocycles. The summed E-state index contributed by atoms with van der Waals surface area (Å²) in [6, 6.07) is -1.62. The van der Waals surface area contributed by atoms with Crippen LogP contribution in [0.4, 0.5) is 17.6 Å². The lowest BCUT2D eigenvalue weighted by Crippen LogP contribution is -2.64. The van der Waals surface area contributed by atoms with Gasteiger partial charge < -0.3 is 19.5 Å². The molecule has 132 valence electrons. The minimum absolute atomic E-state index is 0.899. The molecule has 11 heteroatoms. The normalized spacial score (nSPS) is 31.2. The van der Waals surface area contributed by atoms with Gasteiger partial charge in [-0.25, -0.2) is 4.39 Å². The first-order chi connectivity index (χ1) is 10.4. The standard InChI is InChI=1S/C12H15F4NO6/c1-4-8(17-11(20)12(14,15)16)9(22-5(2)18)7(13)10(21-4)23-6(3)19/h4,7-10H,1-3H3,(H,17,20)/t4-,7+,8-,9-,10?/m0/s1. The SMILES string of the molecule is CC(=O)OC1O[C@@H](C)[C@H](NC(=O)C(F)(F)F)[C@@H](OC(C)=O)[C@H]1F. The molecule has 1 rings (SSSR count). The highest BCUT2D eigenvalue weighted by atomic mass is 19.4. The average molecular weight is 345 g/mol. The number of carbonyl (C=O) groups excluding carboxylic acids is 3. The smallest absolute Gasteiger partial charge is 0.457 e. The quantitative estimate of drug-likeness (QED) is 0.595. The Morgan fingerprint density at radius 1 is 1.09 bits per heavy atom. The van der Waals surface area contributed by atoms with E-state index in [1.807, 2.05) is 0 Å². The van der Waals surface area contributed by atoms with Crippen LogP contribution in [0, 0.1) is 0 Å². The van der Waals surface area contributed by atoms with E-state index in [-0.39, 0.29) is 0 Å². The van der Waals surface area contributed by atoms with Gasteiger partial charge in [-0.15, -0.1) is 0 Å². The summed E-state index contributed by atoms with van der Waals surface area (Å²) >= 11 is 0. The van der Waals surface area contributed by atoms with Gasteiger partial charge in [0.1, 0.15) is 0 Å². The Kier molecular flexibility index (Phi) is 5.92. The Morgan fingerprint density at radius 2 is 1.61 bits per heavy atom. The van der Waals surface area contributed by atoms with E-state index in [1.54, 1.807) is 0 Å². The number of nitrogens with one attached hydrogen (secondary N) is 1. The van der Waals surface area contributed by atoms with E-state index in [2.05, 4.69) is 9.47 Å². The van der Waals surface area contributed by atoms with Crippen molar-refractivity contribution in [3.05, 3.63) is 0 Å². The van der Waals surface area contributed by atoms with Crippen molar-refractivity contribution in [1.82, 2.24) is 5.32 Å². The van der Waals surface area contributed by atoms with Gasteiger partial charge >= 0.3 is 24.0 Å². The van der Waals surface area contributed by atoms with Crippen molar-refractivity contribution in [2.45, 2.75) is 57.7 Å². The van der Waals surface area contributed by atoms with E-state index in [0.717, 1.165) is 13.8 Å². The maximum Gasteiger partial charge on any atom is 0.471 e. The first-order valence-corrected chi connectivity index (χ1v) is 6.45. The Hall–Kier alpha value is -1.91. The Bertz CT molecular complexity index is 483. The number of rotatable bonds is 3. The molecule has 1 aliphatic rings. The fourth-order valence-corrected chi connectivity index (χ4v) is 2.01. The van der Waals surface area contributed by atoms with Crippen molar-refractivity contribution in [2.24, 2.45) is 0 Å². The second-order valence-electron chi connectivity index (χ2n) is 4.83. The van der Waals surface area contributed by atoms with Crippen LogP contribution in [-0.4, -0.2) is 54.7 Å². The zero-order valence-electron chi connectivity index (χ0n) is 12.3. The molecule has 0 spiro atoms. The number of hydrogen-bond acceptors (Lipinski definition) is 6. The number of ether oxygens (including phenoxy) is 3. The molecule has 0 bridgehead atoms. The van der Waals surface area contributed by atoms with Gasteiger partial charge in [-0.1, -0.05) is 0 Å². The Labute approximate surface area is 128 Å². The molecule has 0 saturated carbocycles. The van der Waals surface area contributed by atoms with Gasteiger partial charge in [0.15, 0.2) is 6.10 Å². The van der Waals surface area contributed by atoms with Crippen LogP contribution in [0.2, 0.25) is 0 Å². The lowest BCUT2D eigenvalue weighted by molar-refractivity contribution is -0.253. The summed E-state index contributed by atoms with van der Waals surface area (Å²) in [7, 11) is 0. The molecule has 1 saturated heterocycles. The largest absolute Gasteiger partial charge is 0.471 e. The highest BCUT2D eigenvalue weighted by molar-refractivity contribution is 5.82. The molecule has 5 atom stereocenters. The second-order valence-corrected chi connectivity index (χ2v) is 4.83. The summed E-state index contributed by atoms with van der Waals surface area (Å²) in [4.78, 5) is 33.0. The molecule has 0 aromatic carbocycles. The van der Waals surface area contributed by atoms with Crippen LogP contribution < -0.4 is 5.32 Å². The van der Waals surface area contributed by atoms with Crippen LogP contribution in [0.3, 0.4) is 0 Å². The van der Waals surface area contributed by atoms with E-state index >= 15 is 0 Å². The molecule has 1 amide bonds. The fraction of sp³-hybridized carbons (Fsp3) is 0.750. The van der Waals surface area contributed by atoms with Gasteiger partial charge in [-0.05, 0) is 6.92 Å². The lowest BCUT2D eigenvalue weighted by atomic mass is 9.97. The third-order valence-corrected chi connectivity index (χ3v) is 2.92. The predicted octanol–water partition coefficient (Wildman–Crippen LogP) is 0.611. The van der Waals surface area contributed by atoms with Crippen LogP contribution in [0.25, 0.3) is 0 Å². The molecule has 1 aliphatic heterocycles. The first kappa shape index (κ1) is 19.1.